The molecule has 1 heterocycles. The Kier molecular flexibility index (Phi) is 1.48. The maximum absolute atomic E-state index is 11.0. The van der Waals surface area contributed by atoms with Crippen LogP contribution in [-0.2, 0) is 9.09 Å². The Balaban J connectivity index is 2.88. The van der Waals surface area contributed by atoms with Crippen molar-refractivity contribution in [1.82, 2.24) is 0 Å². The Morgan fingerprint density at radius 3 is 2.89 bits per heavy atom. The summed E-state index contributed by atoms with van der Waals surface area (Å²) in [5, 5.41) is 0. The Labute approximate surface area is 54.4 Å². The summed E-state index contributed by atoms with van der Waals surface area (Å²) in [5.74, 6) is 3.92. The van der Waals surface area contributed by atoms with Gasteiger partial charge in [0, 0.05) is 18.1 Å². The molecule has 0 aromatic rings. The topological polar surface area (TPSA) is 26.3 Å². The standard InChI is InChI=1S/C6H7O2P/c1-3-6-4-8-9(2,7)5-6/h1,5H,4H2,2H3. The molecule has 1 rings (SSSR count). The first-order valence-electron chi connectivity index (χ1n) is 2.54. The summed E-state index contributed by atoms with van der Waals surface area (Å²) in [7, 11) is -2.42. The van der Waals surface area contributed by atoms with Crippen molar-refractivity contribution in [2.75, 3.05) is 13.3 Å². The second kappa shape index (κ2) is 2.02. The zero-order valence-corrected chi connectivity index (χ0v) is 6.02. The molecule has 2 nitrogen and oxygen atoms in total. The smallest absolute Gasteiger partial charge is 0.223 e. The Morgan fingerprint density at radius 1 is 2.00 bits per heavy atom. The zero-order valence-electron chi connectivity index (χ0n) is 5.13. The van der Waals surface area contributed by atoms with E-state index < -0.39 is 7.37 Å². The van der Waals surface area contributed by atoms with Crippen molar-refractivity contribution in [1.29, 1.82) is 0 Å². The first-order chi connectivity index (χ1) is 4.14. The van der Waals surface area contributed by atoms with Crippen LogP contribution < -0.4 is 0 Å². The fraction of sp³-hybridized carbons (Fsp3) is 0.333. The van der Waals surface area contributed by atoms with Gasteiger partial charge in [0.25, 0.3) is 0 Å². The lowest BCUT2D eigenvalue weighted by atomic mass is 10.3. The fourth-order valence-corrected chi connectivity index (χ4v) is 1.82. The van der Waals surface area contributed by atoms with Crippen LogP contribution in [0.4, 0.5) is 0 Å². The van der Waals surface area contributed by atoms with Crippen molar-refractivity contribution < 1.29 is 9.09 Å². The van der Waals surface area contributed by atoms with Gasteiger partial charge >= 0.3 is 0 Å². The van der Waals surface area contributed by atoms with Crippen molar-refractivity contribution in [3.63, 3.8) is 0 Å². The minimum absolute atomic E-state index is 0.338. The lowest BCUT2D eigenvalue weighted by Crippen LogP contribution is -1.81. The second-order valence-electron chi connectivity index (χ2n) is 1.98. The van der Waals surface area contributed by atoms with Crippen LogP contribution in [0, 0.1) is 12.3 Å². The van der Waals surface area contributed by atoms with Crippen LogP contribution in [0.1, 0.15) is 0 Å². The molecule has 0 bridgehead atoms. The molecule has 0 fully saturated rings. The van der Waals surface area contributed by atoms with Crippen LogP contribution in [0.15, 0.2) is 11.4 Å². The van der Waals surface area contributed by atoms with Crippen LogP contribution >= 0.6 is 7.37 Å². The molecule has 1 aliphatic heterocycles. The molecular weight excluding hydrogens is 135 g/mol. The molecule has 0 aromatic carbocycles. The predicted molar refractivity (Wildman–Crippen MR) is 36.4 cm³/mol. The summed E-state index contributed by atoms with van der Waals surface area (Å²) in [6, 6.07) is 0. The lowest BCUT2D eigenvalue weighted by Gasteiger charge is -1.96. The third kappa shape index (κ3) is 1.45. The molecule has 9 heavy (non-hydrogen) atoms. The lowest BCUT2D eigenvalue weighted by molar-refractivity contribution is 0.371. The Bertz CT molecular complexity index is 234. The maximum atomic E-state index is 11.0. The van der Waals surface area contributed by atoms with Gasteiger partial charge in [-0.05, 0) is 0 Å². The van der Waals surface area contributed by atoms with Gasteiger partial charge in [0.1, 0.15) is 0 Å². The Hall–Kier alpha value is -0.510. The molecule has 0 N–H and O–H groups in total. The van der Waals surface area contributed by atoms with E-state index in [1.165, 1.54) is 5.82 Å². The molecule has 0 spiro atoms. The van der Waals surface area contributed by atoms with Crippen LogP contribution in [0.5, 0.6) is 0 Å². The van der Waals surface area contributed by atoms with E-state index in [1.54, 1.807) is 6.66 Å². The van der Waals surface area contributed by atoms with E-state index in [9.17, 15) is 4.57 Å². The van der Waals surface area contributed by atoms with Crippen molar-refractivity contribution in [2.24, 2.45) is 0 Å². The van der Waals surface area contributed by atoms with Gasteiger partial charge in [0.15, 0.2) is 0 Å². The van der Waals surface area contributed by atoms with Crippen molar-refractivity contribution in [3.8, 4) is 12.3 Å². The molecule has 1 unspecified atom stereocenters. The van der Waals surface area contributed by atoms with Gasteiger partial charge in [-0.2, -0.15) is 0 Å². The monoisotopic (exact) mass is 142 g/mol. The van der Waals surface area contributed by atoms with Crippen LogP contribution in [0.2, 0.25) is 0 Å². The molecule has 0 aliphatic carbocycles. The molecule has 0 aromatic heterocycles. The van der Waals surface area contributed by atoms with Crippen molar-refractivity contribution in [2.45, 2.75) is 0 Å². The van der Waals surface area contributed by atoms with E-state index in [0.29, 0.717) is 12.2 Å². The average Bonchev–Trinajstić information content (AvgIpc) is 2.10. The Morgan fingerprint density at radius 2 is 2.67 bits per heavy atom. The summed E-state index contributed by atoms with van der Waals surface area (Å²) >= 11 is 0. The molecule has 48 valence electrons. The number of hydrogen-bond donors (Lipinski definition) is 0. The molecule has 1 atom stereocenters. The van der Waals surface area contributed by atoms with Gasteiger partial charge in [0.05, 0.1) is 6.61 Å². The normalized spacial score (nSPS) is 33.6. The summed E-state index contributed by atoms with van der Waals surface area (Å²) in [6.45, 7) is 1.89. The van der Waals surface area contributed by atoms with E-state index in [4.69, 9.17) is 10.9 Å². The first kappa shape index (κ1) is 6.61. The molecule has 0 radical (unpaired) electrons. The minimum atomic E-state index is -2.42. The third-order valence-electron chi connectivity index (χ3n) is 1.05. The largest absolute Gasteiger partial charge is 0.320 e. The van der Waals surface area contributed by atoms with Gasteiger partial charge < -0.3 is 4.52 Å². The van der Waals surface area contributed by atoms with Crippen LogP contribution in [-0.4, -0.2) is 13.3 Å². The predicted octanol–water partition coefficient (Wildman–Crippen LogP) is 1.44. The van der Waals surface area contributed by atoms with E-state index in [1.807, 2.05) is 0 Å². The summed E-state index contributed by atoms with van der Waals surface area (Å²) < 4.78 is 15.9. The van der Waals surface area contributed by atoms with Gasteiger partial charge in [-0.15, -0.1) is 6.42 Å². The van der Waals surface area contributed by atoms with Gasteiger partial charge in [-0.3, -0.25) is 4.57 Å². The molecule has 0 saturated heterocycles. The van der Waals surface area contributed by atoms with Crippen LogP contribution in [0.25, 0.3) is 0 Å². The number of hydrogen-bond acceptors (Lipinski definition) is 2. The molecule has 0 amide bonds. The fourth-order valence-electron chi connectivity index (χ4n) is 0.634. The quantitative estimate of drug-likeness (QED) is 0.378. The molecule has 0 saturated carbocycles. The maximum Gasteiger partial charge on any atom is 0.223 e. The molecular formula is C6H7O2P. The van der Waals surface area contributed by atoms with Crippen molar-refractivity contribution >= 4 is 7.37 Å². The summed E-state index contributed by atoms with van der Waals surface area (Å²) in [5.41, 5.74) is 0.695. The van der Waals surface area contributed by atoms with E-state index >= 15 is 0 Å². The van der Waals surface area contributed by atoms with E-state index in [-0.39, 0.29) is 0 Å². The second-order valence-corrected chi connectivity index (χ2v) is 4.31. The summed E-state index contributed by atoms with van der Waals surface area (Å²) in [6.07, 6.45) is 5.04. The average molecular weight is 142 g/mol. The highest BCUT2D eigenvalue weighted by molar-refractivity contribution is 7.61. The SMILES string of the molecule is C#CC1=CP(C)(=O)OC1. The van der Waals surface area contributed by atoms with E-state index in [2.05, 4.69) is 5.92 Å². The molecule has 3 heteroatoms. The highest BCUT2D eigenvalue weighted by atomic mass is 31.2. The van der Waals surface area contributed by atoms with Gasteiger partial charge in [-0.1, -0.05) is 5.92 Å². The van der Waals surface area contributed by atoms with Crippen molar-refractivity contribution in [3.05, 3.63) is 11.4 Å². The van der Waals surface area contributed by atoms with Gasteiger partial charge in [-0.25, -0.2) is 0 Å². The van der Waals surface area contributed by atoms with E-state index in [0.717, 1.165) is 0 Å². The zero-order chi connectivity index (χ0) is 6.91. The van der Waals surface area contributed by atoms with Crippen LogP contribution in [0.3, 0.4) is 0 Å². The molecule has 1 aliphatic rings. The number of terminal acetylenes is 1. The minimum Gasteiger partial charge on any atom is -0.320 e. The number of rotatable bonds is 0. The summed E-state index contributed by atoms with van der Waals surface area (Å²) in [4.78, 5) is 0. The highest BCUT2D eigenvalue weighted by Crippen LogP contribution is 2.49. The van der Waals surface area contributed by atoms with Gasteiger partial charge in [0.2, 0.25) is 7.37 Å². The third-order valence-corrected chi connectivity index (χ3v) is 2.47. The first-order valence-corrected chi connectivity index (χ1v) is 4.68. The highest BCUT2D eigenvalue weighted by Gasteiger charge is 2.20.